The Morgan fingerprint density at radius 2 is 1.88 bits per heavy atom. The standard InChI is InChI=1S/C25H20ClN5OS/c1-17-16-33-25(28-17)31(21-11-9-19(26)10-12-21)24(32)22-15-30(20-7-3-2-4-8-20)29-23(22)18-6-5-13-27-14-18/h2-15,17H,16H2,1H3/t17-/m1/s1. The van der Waals surface area contributed by atoms with E-state index in [1.807, 2.05) is 61.5 Å². The molecule has 164 valence electrons. The zero-order valence-corrected chi connectivity index (χ0v) is 19.4. The van der Waals surface area contributed by atoms with Crippen molar-refractivity contribution in [2.24, 2.45) is 4.99 Å². The van der Waals surface area contributed by atoms with Gasteiger partial charge in [-0.3, -0.25) is 19.7 Å². The molecule has 4 aromatic rings. The number of rotatable bonds is 4. The van der Waals surface area contributed by atoms with Crippen LogP contribution in [0, 0.1) is 0 Å². The maximum absolute atomic E-state index is 14.1. The van der Waals surface area contributed by atoms with Crippen molar-refractivity contribution in [2.75, 3.05) is 10.7 Å². The van der Waals surface area contributed by atoms with Gasteiger partial charge in [-0.15, -0.1) is 0 Å². The monoisotopic (exact) mass is 473 g/mol. The molecule has 0 bridgehead atoms. The number of nitrogens with zero attached hydrogens (tertiary/aromatic N) is 5. The van der Waals surface area contributed by atoms with E-state index in [1.165, 1.54) is 0 Å². The summed E-state index contributed by atoms with van der Waals surface area (Å²) in [5, 5.41) is 6.04. The number of anilines is 1. The molecule has 0 saturated heterocycles. The quantitative estimate of drug-likeness (QED) is 0.380. The first-order valence-electron chi connectivity index (χ1n) is 10.5. The topological polar surface area (TPSA) is 63.4 Å². The number of benzene rings is 2. The van der Waals surface area contributed by atoms with Crippen molar-refractivity contribution < 1.29 is 4.79 Å². The lowest BCUT2D eigenvalue weighted by atomic mass is 10.1. The molecule has 1 atom stereocenters. The van der Waals surface area contributed by atoms with E-state index >= 15 is 0 Å². The first-order chi connectivity index (χ1) is 16.1. The van der Waals surface area contributed by atoms with E-state index < -0.39 is 0 Å². The molecule has 0 radical (unpaired) electrons. The highest BCUT2D eigenvalue weighted by Gasteiger charge is 2.31. The second kappa shape index (κ2) is 9.21. The third kappa shape index (κ3) is 4.42. The van der Waals surface area contributed by atoms with E-state index in [0.29, 0.717) is 27.1 Å². The van der Waals surface area contributed by atoms with E-state index in [2.05, 4.69) is 4.98 Å². The van der Waals surface area contributed by atoms with Crippen LogP contribution in [0.2, 0.25) is 5.02 Å². The molecule has 0 aliphatic carbocycles. The number of para-hydroxylation sites is 1. The zero-order chi connectivity index (χ0) is 22.8. The summed E-state index contributed by atoms with van der Waals surface area (Å²) in [7, 11) is 0. The van der Waals surface area contributed by atoms with Gasteiger partial charge in [0.25, 0.3) is 5.91 Å². The minimum Gasteiger partial charge on any atom is -0.268 e. The number of thioether (sulfide) groups is 1. The summed E-state index contributed by atoms with van der Waals surface area (Å²) in [5.41, 5.74) is 3.36. The highest BCUT2D eigenvalue weighted by molar-refractivity contribution is 8.14. The summed E-state index contributed by atoms with van der Waals surface area (Å²) in [5.74, 6) is 0.615. The largest absolute Gasteiger partial charge is 0.268 e. The number of halogens is 1. The fraction of sp³-hybridized carbons (Fsp3) is 0.120. The van der Waals surface area contributed by atoms with Crippen LogP contribution in [0.5, 0.6) is 0 Å². The van der Waals surface area contributed by atoms with Crippen LogP contribution in [0.15, 0.2) is 90.3 Å². The zero-order valence-electron chi connectivity index (χ0n) is 17.8. The van der Waals surface area contributed by atoms with E-state index in [1.54, 1.807) is 52.1 Å². The summed E-state index contributed by atoms with van der Waals surface area (Å²) < 4.78 is 1.72. The van der Waals surface area contributed by atoms with Gasteiger partial charge in [-0.2, -0.15) is 5.10 Å². The molecule has 6 nitrogen and oxygen atoms in total. The first kappa shape index (κ1) is 21.4. The minimum atomic E-state index is -0.210. The maximum Gasteiger partial charge on any atom is 0.268 e. The molecule has 5 rings (SSSR count). The number of aromatic nitrogens is 3. The average Bonchev–Trinajstić information content (AvgIpc) is 3.48. The van der Waals surface area contributed by atoms with Crippen molar-refractivity contribution >= 4 is 40.1 Å². The second-order valence-corrected chi connectivity index (χ2v) is 9.03. The molecule has 3 heterocycles. The lowest BCUT2D eigenvalue weighted by Crippen LogP contribution is -2.34. The third-order valence-corrected chi connectivity index (χ3v) is 6.61. The molecular weight excluding hydrogens is 454 g/mol. The Kier molecular flexibility index (Phi) is 5.98. The molecule has 2 aromatic heterocycles. The lowest BCUT2D eigenvalue weighted by molar-refractivity contribution is 0.100. The molecule has 1 amide bonds. The fourth-order valence-electron chi connectivity index (χ4n) is 3.57. The van der Waals surface area contributed by atoms with Gasteiger partial charge in [0, 0.05) is 34.9 Å². The summed E-state index contributed by atoms with van der Waals surface area (Å²) in [4.78, 5) is 24.7. The highest BCUT2D eigenvalue weighted by atomic mass is 35.5. The Balaban J connectivity index is 1.65. The van der Waals surface area contributed by atoms with Crippen molar-refractivity contribution in [2.45, 2.75) is 13.0 Å². The Hall–Kier alpha value is -3.42. The van der Waals surface area contributed by atoms with Gasteiger partial charge < -0.3 is 0 Å². The van der Waals surface area contributed by atoms with Crippen molar-refractivity contribution in [3.8, 4) is 16.9 Å². The van der Waals surface area contributed by atoms with Crippen LogP contribution >= 0.6 is 23.4 Å². The van der Waals surface area contributed by atoms with Gasteiger partial charge in [0.05, 0.1) is 23.0 Å². The summed E-state index contributed by atoms with van der Waals surface area (Å²) in [6.45, 7) is 2.04. The second-order valence-electron chi connectivity index (χ2n) is 7.60. The molecule has 0 unspecified atom stereocenters. The van der Waals surface area contributed by atoms with E-state index in [-0.39, 0.29) is 11.9 Å². The number of amidine groups is 1. The van der Waals surface area contributed by atoms with Crippen molar-refractivity contribution in [3.63, 3.8) is 0 Å². The first-order valence-corrected chi connectivity index (χ1v) is 11.8. The molecular formula is C25H20ClN5OS. The van der Waals surface area contributed by atoms with Crippen molar-refractivity contribution in [3.05, 3.63) is 95.9 Å². The van der Waals surface area contributed by atoms with Crippen LogP contribution < -0.4 is 4.90 Å². The van der Waals surface area contributed by atoms with Crippen LogP contribution in [0.25, 0.3) is 16.9 Å². The summed E-state index contributed by atoms with van der Waals surface area (Å²) >= 11 is 7.68. The Labute approximate surface area is 200 Å². The Morgan fingerprint density at radius 1 is 1.09 bits per heavy atom. The number of aliphatic imine (C=N–C) groups is 1. The van der Waals surface area contributed by atoms with E-state index in [0.717, 1.165) is 17.0 Å². The maximum atomic E-state index is 14.1. The number of amides is 1. The number of hydrogen-bond donors (Lipinski definition) is 0. The molecule has 0 fully saturated rings. The SMILES string of the molecule is C[C@@H]1CSC(N(C(=O)c2cn(-c3ccccc3)nc2-c2cccnc2)c2ccc(Cl)cc2)=N1. The molecule has 1 aliphatic rings. The molecule has 33 heavy (non-hydrogen) atoms. The molecule has 2 aromatic carbocycles. The van der Waals surface area contributed by atoms with Crippen LogP contribution in [0.4, 0.5) is 5.69 Å². The predicted molar refractivity (Wildman–Crippen MR) is 134 cm³/mol. The average molecular weight is 474 g/mol. The van der Waals surface area contributed by atoms with Gasteiger partial charge in [-0.1, -0.05) is 41.6 Å². The van der Waals surface area contributed by atoms with Crippen LogP contribution in [-0.2, 0) is 0 Å². The fourth-order valence-corrected chi connectivity index (χ4v) is 4.73. The predicted octanol–water partition coefficient (Wildman–Crippen LogP) is 5.73. The third-order valence-electron chi connectivity index (χ3n) is 5.16. The Morgan fingerprint density at radius 3 is 2.55 bits per heavy atom. The van der Waals surface area contributed by atoms with Gasteiger partial charge in [-0.25, -0.2) is 4.68 Å². The smallest absolute Gasteiger partial charge is 0.268 e. The number of pyridine rings is 1. The molecule has 8 heteroatoms. The summed E-state index contributed by atoms with van der Waals surface area (Å²) in [6.07, 6.45) is 5.18. The van der Waals surface area contributed by atoms with Gasteiger partial charge in [0.15, 0.2) is 5.17 Å². The number of hydrogen-bond acceptors (Lipinski definition) is 5. The van der Waals surface area contributed by atoms with Crippen LogP contribution in [-0.4, -0.2) is 37.6 Å². The van der Waals surface area contributed by atoms with Gasteiger partial charge in [0.1, 0.15) is 5.69 Å². The van der Waals surface area contributed by atoms with E-state index in [9.17, 15) is 4.79 Å². The molecule has 0 spiro atoms. The Bertz CT molecular complexity index is 1310. The summed E-state index contributed by atoms with van der Waals surface area (Å²) in [6, 6.07) is 20.8. The number of carbonyl (C=O) groups is 1. The van der Waals surface area contributed by atoms with Gasteiger partial charge in [0.2, 0.25) is 0 Å². The van der Waals surface area contributed by atoms with Crippen molar-refractivity contribution in [1.29, 1.82) is 0 Å². The van der Waals surface area contributed by atoms with Gasteiger partial charge >= 0.3 is 0 Å². The van der Waals surface area contributed by atoms with Gasteiger partial charge in [-0.05, 0) is 55.5 Å². The van der Waals surface area contributed by atoms with E-state index in [4.69, 9.17) is 21.7 Å². The molecule has 0 N–H and O–H groups in total. The lowest BCUT2D eigenvalue weighted by Gasteiger charge is -2.22. The highest BCUT2D eigenvalue weighted by Crippen LogP contribution is 2.31. The number of carbonyl (C=O) groups excluding carboxylic acids is 1. The van der Waals surface area contributed by atoms with Crippen molar-refractivity contribution in [1.82, 2.24) is 14.8 Å². The van der Waals surface area contributed by atoms with Crippen LogP contribution in [0.1, 0.15) is 17.3 Å². The molecule has 0 saturated carbocycles. The molecule has 1 aliphatic heterocycles. The minimum absolute atomic E-state index is 0.137. The van der Waals surface area contributed by atoms with Crippen LogP contribution in [0.3, 0.4) is 0 Å². The normalized spacial score (nSPS) is 15.3.